The first kappa shape index (κ1) is 46.6. The third-order valence-electron chi connectivity index (χ3n) is 12.5. The predicted octanol–water partition coefficient (Wildman–Crippen LogP) is 14.8. The van der Waals surface area contributed by atoms with Crippen molar-refractivity contribution in [3.05, 3.63) is 103 Å². The Balaban J connectivity index is 0.000000309. The third-order valence-corrected chi connectivity index (χ3v) is 13.8. The fraction of sp³-hybridized carbons (Fsp3) is 0.500. The second kappa shape index (κ2) is 18.4. The summed E-state index contributed by atoms with van der Waals surface area (Å²) in [6.45, 7) is 33.0. The number of carbonyl (C=O) groups is 1. The van der Waals surface area contributed by atoms with Crippen LogP contribution in [-0.4, -0.2) is 10.9 Å². The van der Waals surface area contributed by atoms with Crippen LogP contribution in [0.5, 0.6) is 0 Å². The van der Waals surface area contributed by atoms with Crippen LogP contribution in [-0.2, 0) is 30.3 Å². The van der Waals surface area contributed by atoms with Crippen LogP contribution in [0.25, 0.3) is 42.2 Å². The summed E-state index contributed by atoms with van der Waals surface area (Å²) in [6, 6.07) is 20.3. The normalized spacial score (nSPS) is 15.4. The second-order valence-electron chi connectivity index (χ2n) is 19.9. The Morgan fingerprint density at radius 2 is 1.33 bits per heavy atom. The van der Waals surface area contributed by atoms with Crippen molar-refractivity contribution in [3.63, 3.8) is 0 Å². The van der Waals surface area contributed by atoms with Gasteiger partial charge in [-0.3, -0.25) is 4.79 Å². The fourth-order valence-corrected chi connectivity index (χ4v) is 11.1. The summed E-state index contributed by atoms with van der Waals surface area (Å²) in [5.74, 6) is 2.28. The third kappa shape index (κ3) is 10.0. The minimum Gasteiger partial charge on any atom is -0.512 e. The van der Waals surface area contributed by atoms with Crippen LogP contribution >= 0.6 is 11.3 Å². The van der Waals surface area contributed by atoms with Crippen molar-refractivity contribution >= 4 is 48.1 Å². The first-order valence-electron chi connectivity index (χ1n) is 21.2. The molecule has 1 aliphatic rings. The van der Waals surface area contributed by atoms with E-state index in [9.17, 15) is 9.90 Å². The quantitative estimate of drug-likeness (QED) is 0.0692. The second-order valence-corrected chi connectivity index (χ2v) is 20.9. The van der Waals surface area contributed by atoms with E-state index in [4.69, 9.17) is 0 Å². The number of fused-ring (bicyclic) bond motifs is 4. The zero-order valence-corrected chi connectivity index (χ0v) is 40.4. The summed E-state index contributed by atoms with van der Waals surface area (Å²) in [7, 11) is 4.45. The molecule has 57 heavy (non-hydrogen) atoms. The van der Waals surface area contributed by atoms with E-state index >= 15 is 0 Å². The van der Waals surface area contributed by atoms with Gasteiger partial charge in [0.2, 0.25) is 0 Å². The van der Waals surface area contributed by atoms with Gasteiger partial charge in [-0.25, -0.2) is 0 Å². The Morgan fingerprint density at radius 1 is 0.807 bits per heavy atom. The molecule has 311 valence electrons. The molecular formula is C52H70IrNO2S-. The zero-order chi connectivity index (χ0) is 41.4. The van der Waals surface area contributed by atoms with Crippen LogP contribution in [0.15, 0.2) is 72.6 Å². The van der Waals surface area contributed by atoms with Crippen LogP contribution < -0.4 is 4.57 Å². The predicted molar refractivity (Wildman–Crippen MR) is 243 cm³/mol. The van der Waals surface area contributed by atoms with Crippen molar-refractivity contribution in [2.75, 3.05) is 0 Å². The number of carbonyl (C=O) groups excluding carboxylic acids is 1. The van der Waals surface area contributed by atoms with Gasteiger partial charge in [-0.1, -0.05) is 137 Å². The molecule has 3 nitrogen and oxygen atoms in total. The molecule has 1 N–H and O–H groups in total. The number of benzene rings is 3. The van der Waals surface area contributed by atoms with Crippen molar-refractivity contribution in [1.29, 1.82) is 0 Å². The van der Waals surface area contributed by atoms with Gasteiger partial charge in [-0.05, 0) is 88.5 Å². The van der Waals surface area contributed by atoms with Crippen LogP contribution in [0.3, 0.4) is 0 Å². The van der Waals surface area contributed by atoms with Crippen LogP contribution in [0.4, 0.5) is 0 Å². The van der Waals surface area contributed by atoms with Crippen molar-refractivity contribution in [2.24, 2.45) is 40.9 Å². The SMILES string of the molecule is CC(C)C(C(=O)/C=C(\O)C(C(C)C)C(C)C)C(C)C.[CH2-]c1c(-c2c3sc4c(C5CCC(C)(C)CC5)cccc4c3cc[n+]2[CH2-])cc(C(C)(C)C)c2ccccc12.[Ir]. The maximum absolute atomic E-state index is 12.3. The number of aliphatic hydroxyl groups excluding tert-OH is 1. The number of ketones is 1. The van der Waals surface area contributed by atoms with Crippen molar-refractivity contribution in [3.8, 4) is 11.3 Å². The van der Waals surface area contributed by atoms with Crippen molar-refractivity contribution in [1.82, 2.24) is 0 Å². The number of thiophene rings is 1. The number of nitrogens with zero attached hydrogens (tertiary/aromatic N) is 1. The summed E-state index contributed by atoms with van der Waals surface area (Å²) in [5, 5.41) is 15.5. The van der Waals surface area contributed by atoms with E-state index in [1.807, 2.05) is 11.3 Å². The molecule has 0 aliphatic heterocycles. The average Bonchev–Trinajstić information content (AvgIpc) is 3.47. The number of rotatable bonds is 9. The van der Waals surface area contributed by atoms with E-state index in [1.54, 1.807) is 5.56 Å². The molecular weight excluding hydrogens is 895 g/mol. The number of hydrogen-bond acceptors (Lipinski definition) is 3. The topological polar surface area (TPSA) is 41.2 Å². The fourth-order valence-electron chi connectivity index (χ4n) is 9.66. The Kier molecular flexibility index (Phi) is 15.1. The van der Waals surface area contributed by atoms with Gasteiger partial charge in [-0.15, -0.1) is 34.4 Å². The molecule has 1 radical (unpaired) electrons. The molecule has 5 heteroatoms. The molecule has 2 aromatic heterocycles. The molecule has 0 spiro atoms. The van der Waals surface area contributed by atoms with Crippen molar-refractivity contribution in [2.45, 2.75) is 127 Å². The van der Waals surface area contributed by atoms with Crippen LogP contribution in [0.1, 0.15) is 138 Å². The van der Waals surface area contributed by atoms with Gasteiger partial charge in [-0.2, -0.15) is 12.5 Å². The molecule has 5 aromatic rings. The molecule has 0 unspecified atom stereocenters. The Labute approximate surface area is 363 Å². The van der Waals surface area contributed by atoms with E-state index in [2.05, 4.69) is 169 Å². The van der Waals surface area contributed by atoms with E-state index in [0.717, 1.165) is 5.56 Å². The molecule has 0 atom stereocenters. The minimum absolute atomic E-state index is 0. The van der Waals surface area contributed by atoms with E-state index in [0.29, 0.717) is 35.0 Å². The summed E-state index contributed by atoms with van der Waals surface area (Å²) in [4.78, 5) is 12.3. The van der Waals surface area contributed by atoms with Crippen LogP contribution in [0.2, 0.25) is 0 Å². The average molecular weight is 965 g/mol. The number of aliphatic hydroxyl groups is 1. The Hall–Kier alpha value is -3.11. The summed E-state index contributed by atoms with van der Waals surface area (Å²) in [5.41, 5.74) is 6.84. The molecule has 0 amide bonds. The Morgan fingerprint density at radius 3 is 1.88 bits per heavy atom. The molecule has 1 saturated carbocycles. The summed E-state index contributed by atoms with van der Waals surface area (Å²) < 4.78 is 4.83. The molecule has 1 aliphatic carbocycles. The van der Waals surface area contributed by atoms with Crippen LogP contribution in [0, 0.1) is 54.9 Å². The number of pyridine rings is 1. The molecule has 0 saturated heterocycles. The maximum Gasteiger partial charge on any atom is 0.162 e. The first-order valence-corrected chi connectivity index (χ1v) is 22.0. The van der Waals surface area contributed by atoms with Gasteiger partial charge < -0.3 is 9.67 Å². The van der Waals surface area contributed by atoms with Gasteiger partial charge in [0.15, 0.2) is 5.78 Å². The van der Waals surface area contributed by atoms with Gasteiger partial charge >= 0.3 is 0 Å². The minimum atomic E-state index is -0.0119. The van der Waals surface area contributed by atoms with Gasteiger partial charge in [0.1, 0.15) is 0 Å². The number of aromatic nitrogens is 1. The molecule has 6 rings (SSSR count). The van der Waals surface area contributed by atoms with E-state index < -0.39 is 0 Å². The summed E-state index contributed by atoms with van der Waals surface area (Å²) >= 11 is 1.96. The van der Waals surface area contributed by atoms with E-state index in [1.165, 1.54) is 79.5 Å². The van der Waals surface area contributed by atoms with Gasteiger partial charge in [0.25, 0.3) is 0 Å². The molecule has 1 fully saturated rings. The smallest absolute Gasteiger partial charge is 0.162 e. The van der Waals surface area contributed by atoms with Gasteiger partial charge in [0, 0.05) is 54.5 Å². The molecule has 0 bridgehead atoms. The standard InChI is InChI=1S/C35H38NS.C17H32O2.Ir/c1-22-24-11-8-9-12-26(24)30(34(2,3)4)21-29(22)31-33-28(17-20-36(31)7)27-14-10-13-25(32(27)37-33)23-15-18-35(5,6)19-16-23;1-10(2)16(11(3)4)14(18)9-15(19)17(12(5)6)13(7)8;/h8-14,17,20-21,23H,1,7,15-16,18-19H2,2-6H3;9-13,16-18H,1-8H3;/q-1;;/b;14-9-;. The van der Waals surface area contributed by atoms with E-state index in [-0.39, 0.29) is 48.9 Å². The van der Waals surface area contributed by atoms with Gasteiger partial charge in [0.05, 0.1) is 17.6 Å². The van der Waals surface area contributed by atoms with Crippen molar-refractivity contribution < 1.29 is 34.6 Å². The molecule has 3 aromatic carbocycles. The number of allylic oxidation sites excluding steroid dienone is 2. The molecule has 2 heterocycles. The monoisotopic (exact) mass is 965 g/mol. The zero-order valence-electron chi connectivity index (χ0n) is 37.2. The maximum atomic E-state index is 12.3. The largest absolute Gasteiger partial charge is 0.512 e. The number of hydrogen-bond donors (Lipinski definition) is 1. The first-order chi connectivity index (χ1) is 26.1. The Bertz CT molecular complexity index is 2190. The summed E-state index contributed by atoms with van der Waals surface area (Å²) in [6.07, 6.45) is 8.79.